The first-order valence-electron chi connectivity index (χ1n) is 4.68. The Hall–Kier alpha value is -0.380. The van der Waals surface area contributed by atoms with Gasteiger partial charge in [-0.1, -0.05) is 13.0 Å². The molecule has 2 heterocycles. The fraction of sp³-hybridized carbons (Fsp3) is 0.778. The smallest absolute Gasteiger partial charge is 0.0588 e. The number of hydrogen-bond donors (Lipinski definition) is 1. The van der Waals surface area contributed by atoms with Gasteiger partial charge in [0.15, 0.2) is 0 Å². The standard InChI is InChI=1S/C9H16N2O/c1-2-10-5-4-9-8(7-10)3-6-11(9)12/h3,9,12H,2,4-7H2,1H3. The number of fused-ring (bicyclic) bond motifs is 1. The fourth-order valence-corrected chi connectivity index (χ4v) is 2.08. The van der Waals surface area contributed by atoms with Gasteiger partial charge in [0.1, 0.15) is 0 Å². The predicted molar refractivity (Wildman–Crippen MR) is 47.1 cm³/mol. The Morgan fingerprint density at radius 2 is 2.50 bits per heavy atom. The average Bonchev–Trinajstić information content (AvgIpc) is 2.47. The van der Waals surface area contributed by atoms with E-state index >= 15 is 0 Å². The summed E-state index contributed by atoms with van der Waals surface area (Å²) in [5, 5.41) is 10.9. The summed E-state index contributed by atoms with van der Waals surface area (Å²) in [5.74, 6) is 0. The molecule has 0 spiro atoms. The zero-order chi connectivity index (χ0) is 8.55. The van der Waals surface area contributed by atoms with Crippen LogP contribution < -0.4 is 0 Å². The lowest BCUT2D eigenvalue weighted by atomic mass is 10.0. The van der Waals surface area contributed by atoms with E-state index < -0.39 is 0 Å². The third kappa shape index (κ3) is 1.28. The molecule has 0 aromatic heterocycles. The van der Waals surface area contributed by atoms with Gasteiger partial charge < -0.3 is 5.21 Å². The highest BCUT2D eigenvalue weighted by atomic mass is 16.5. The third-order valence-electron chi connectivity index (χ3n) is 2.90. The molecule has 1 N–H and O–H groups in total. The summed E-state index contributed by atoms with van der Waals surface area (Å²) in [6, 6.07) is 0.327. The summed E-state index contributed by atoms with van der Waals surface area (Å²) < 4.78 is 0. The molecule has 0 aliphatic carbocycles. The minimum atomic E-state index is 0.327. The van der Waals surface area contributed by atoms with E-state index in [1.165, 1.54) is 10.6 Å². The Morgan fingerprint density at radius 1 is 1.67 bits per heavy atom. The Morgan fingerprint density at radius 3 is 3.25 bits per heavy atom. The number of rotatable bonds is 1. The van der Waals surface area contributed by atoms with Crippen molar-refractivity contribution in [2.24, 2.45) is 0 Å². The predicted octanol–water partition coefficient (Wildman–Crippen LogP) is 0.712. The van der Waals surface area contributed by atoms with Gasteiger partial charge in [-0.25, -0.2) is 0 Å². The van der Waals surface area contributed by atoms with Gasteiger partial charge in [-0.2, -0.15) is 5.06 Å². The van der Waals surface area contributed by atoms with Crippen LogP contribution in [0.15, 0.2) is 11.6 Å². The molecule has 68 valence electrons. The van der Waals surface area contributed by atoms with E-state index in [0.29, 0.717) is 6.04 Å². The van der Waals surface area contributed by atoms with Crippen molar-refractivity contribution >= 4 is 0 Å². The highest BCUT2D eigenvalue weighted by molar-refractivity contribution is 5.20. The molecule has 1 atom stereocenters. The maximum Gasteiger partial charge on any atom is 0.0588 e. The van der Waals surface area contributed by atoms with E-state index in [0.717, 1.165) is 32.6 Å². The summed E-state index contributed by atoms with van der Waals surface area (Å²) in [5.41, 5.74) is 1.41. The van der Waals surface area contributed by atoms with Crippen LogP contribution in [-0.4, -0.2) is 47.4 Å². The van der Waals surface area contributed by atoms with Crippen molar-refractivity contribution in [2.75, 3.05) is 26.2 Å². The third-order valence-corrected chi connectivity index (χ3v) is 2.90. The van der Waals surface area contributed by atoms with Gasteiger partial charge in [0, 0.05) is 19.6 Å². The molecule has 3 nitrogen and oxygen atoms in total. The molecule has 0 amide bonds. The molecule has 1 saturated heterocycles. The minimum Gasteiger partial charge on any atom is -0.313 e. The van der Waals surface area contributed by atoms with E-state index in [1.54, 1.807) is 0 Å². The van der Waals surface area contributed by atoms with E-state index in [1.807, 2.05) is 0 Å². The van der Waals surface area contributed by atoms with Crippen LogP contribution in [0.5, 0.6) is 0 Å². The Bertz CT molecular complexity index is 203. The molecule has 0 aromatic carbocycles. The van der Waals surface area contributed by atoms with Gasteiger partial charge in [0.05, 0.1) is 6.04 Å². The molecule has 12 heavy (non-hydrogen) atoms. The van der Waals surface area contributed by atoms with Gasteiger partial charge in [-0.15, -0.1) is 0 Å². The highest BCUT2D eigenvalue weighted by Crippen LogP contribution is 2.24. The first-order chi connectivity index (χ1) is 5.81. The summed E-state index contributed by atoms with van der Waals surface area (Å²) in [6.07, 6.45) is 3.24. The summed E-state index contributed by atoms with van der Waals surface area (Å²) in [7, 11) is 0. The van der Waals surface area contributed by atoms with Gasteiger partial charge in [0.25, 0.3) is 0 Å². The second-order valence-electron chi connectivity index (χ2n) is 3.57. The van der Waals surface area contributed by atoms with Crippen LogP contribution in [0.2, 0.25) is 0 Å². The lowest BCUT2D eigenvalue weighted by Crippen LogP contribution is -2.41. The molecule has 0 aromatic rings. The molecular formula is C9H16N2O. The molecule has 2 aliphatic heterocycles. The zero-order valence-electron chi connectivity index (χ0n) is 7.53. The Labute approximate surface area is 73.2 Å². The van der Waals surface area contributed by atoms with Crippen LogP contribution in [0, 0.1) is 0 Å². The quantitative estimate of drug-likeness (QED) is 0.584. The van der Waals surface area contributed by atoms with Crippen LogP contribution in [0.1, 0.15) is 13.3 Å². The monoisotopic (exact) mass is 168 g/mol. The van der Waals surface area contributed by atoms with Crippen molar-refractivity contribution in [3.63, 3.8) is 0 Å². The highest BCUT2D eigenvalue weighted by Gasteiger charge is 2.30. The van der Waals surface area contributed by atoms with Crippen molar-refractivity contribution in [3.8, 4) is 0 Å². The average molecular weight is 168 g/mol. The van der Waals surface area contributed by atoms with Gasteiger partial charge >= 0.3 is 0 Å². The molecule has 0 bridgehead atoms. The van der Waals surface area contributed by atoms with E-state index in [9.17, 15) is 5.21 Å². The normalized spacial score (nSPS) is 31.8. The SMILES string of the molecule is CCN1CCC2C(=CCN2O)C1. The zero-order valence-corrected chi connectivity index (χ0v) is 7.53. The molecule has 1 fully saturated rings. The number of nitrogens with zero attached hydrogens (tertiary/aromatic N) is 2. The van der Waals surface area contributed by atoms with Crippen LogP contribution in [0.3, 0.4) is 0 Å². The van der Waals surface area contributed by atoms with Crippen LogP contribution in [0.4, 0.5) is 0 Å². The Balaban J connectivity index is 2.02. The van der Waals surface area contributed by atoms with Crippen LogP contribution in [-0.2, 0) is 0 Å². The number of hydroxylamine groups is 2. The number of likely N-dealkylation sites (tertiary alicyclic amines) is 1. The van der Waals surface area contributed by atoms with Gasteiger partial charge in [-0.3, -0.25) is 4.90 Å². The van der Waals surface area contributed by atoms with E-state index in [4.69, 9.17) is 0 Å². The molecule has 2 aliphatic rings. The number of piperidine rings is 1. The molecule has 1 unspecified atom stereocenters. The largest absolute Gasteiger partial charge is 0.313 e. The first-order valence-corrected chi connectivity index (χ1v) is 4.68. The van der Waals surface area contributed by atoms with E-state index in [-0.39, 0.29) is 0 Å². The molecule has 3 heteroatoms. The van der Waals surface area contributed by atoms with Gasteiger partial charge in [0.2, 0.25) is 0 Å². The van der Waals surface area contributed by atoms with Crippen molar-refractivity contribution in [1.82, 2.24) is 9.96 Å². The Kier molecular flexibility index (Phi) is 2.17. The summed E-state index contributed by atoms with van der Waals surface area (Å²) >= 11 is 0. The number of likely N-dealkylation sites (N-methyl/N-ethyl adjacent to an activating group) is 1. The van der Waals surface area contributed by atoms with Crippen molar-refractivity contribution in [1.29, 1.82) is 0 Å². The topological polar surface area (TPSA) is 26.7 Å². The minimum absolute atomic E-state index is 0.327. The van der Waals surface area contributed by atoms with Crippen molar-refractivity contribution in [2.45, 2.75) is 19.4 Å². The molecule has 0 saturated carbocycles. The number of hydrogen-bond acceptors (Lipinski definition) is 3. The second-order valence-corrected chi connectivity index (χ2v) is 3.57. The molecular weight excluding hydrogens is 152 g/mol. The lowest BCUT2D eigenvalue weighted by Gasteiger charge is -2.33. The fourth-order valence-electron chi connectivity index (χ4n) is 2.08. The lowest BCUT2D eigenvalue weighted by molar-refractivity contribution is -0.104. The molecule has 0 radical (unpaired) electrons. The molecule has 2 rings (SSSR count). The van der Waals surface area contributed by atoms with Crippen molar-refractivity contribution in [3.05, 3.63) is 11.6 Å². The summed E-state index contributed by atoms with van der Waals surface area (Å²) in [4.78, 5) is 2.42. The van der Waals surface area contributed by atoms with E-state index in [2.05, 4.69) is 17.9 Å². The summed E-state index contributed by atoms with van der Waals surface area (Å²) in [6.45, 7) is 6.20. The van der Waals surface area contributed by atoms with Crippen LogP contribution in [0.25, 0.3) is 0 Å². The maximum absolute atomic E-state index is 9.45. The van der Waals surface area contributed by atoms with Crippen molar-refractivity contribution < 1.29 is 5.21 Å². The maximum atomic E-state index is 9.45. The van der Waals surface area contributed by atoms with Gasteiger partial charge in [-0.05, 0) is 18.5 Å². The first kappa shape index (κ1) is 8.23. The second kappa shape index (κ2) is 3.17. The van der Waals surface area contributed by atoms with Crippen LogP contribution >= 0.6 is 0 Å².